The monoisotopic (exact) mass is 332 g/mol. The Hall–Kier alpha value is -2.04. The lowest BCUT2D eigenvalue weighted by molar-refractivity contribution is -0.138. The van der Waals surface area contributed by atoms with Crippen LogP contribution in [0.4, 0.5) is 0 Å². The predicted molar refractivity (Wildman–Crippen MR) is 93.8 cm³/mol. The number of nitrogens with one attached hydrogen (secondary N) is 1. The summed E-state index contributed by atoms with van der Waals surface area (Å²) >= 11 is 0. The van der Waals surface area contributed by atoms with Crippen molar-refractivity contribution in [2.24, 2.45) is 0 Å². The lowest BCUT2D eigenvalue weighted by atomic mass is 10.1. The summed E-state index contributed by atoms with van der Waals surface area (Å²) in [5, 5.41) is 3.05. The summed E-state index contributed by atoms with van der Waals surface area (Å²) in [6.07, 6.45) is 2.95. The summed E-state index contributed by atoms with van der Waals surface area (Å²) in [5.74, 6) is 0.823. The van der Waals surface area contributed by atoms with Gasteiger partial charge >= 0.3 is 0 Å². The van der Waals surface area contributed by atoms with Gasteiger partial charge in [-0.1, -0.05) is 19.1 Å². The van der Waals surface area contributed by atoms with Crippen molar-refractivity contribution in [3.8, 4) is 5.75 Å². The molecule has 0 bridgehead atoms. The van der Waals surface area contributed by atoms with Gasteiger partial charge in [-0.3, -0.25) is 9.59 Å². The second-order valence-corrected chi connectivity index (χ2v) is 6.23. The number of rotatable bonds is 7. The zero-order chi connectivity index (χ0) is 17.5. The first-order valence-corrected chi connectivity index (χ1v) is 8.89. The van der Waals surface area contributed by atoms with Crippen molar-refractivity contribution >= 4 is 11.8 Å². The Morgan fingerprint density at radius 1 is 1.38 bits per heavy atom. The van der Waals surface area contributed by atoms with E-state index in [2.05, 4.69) is 5.32 Å². The summed E-state index contributed by atoms with van der Waals surface area (Å²) < 4.78 is 5.51. The maximum absolute atomic E-state index is 12.6. The van der Waals surface area contributed by atoms with Gasteiger partial charge in [0.2, 0.25) is 11.8 Å². The maximum atomic E-state index is 12.6. The van der Waals surface area contributed by atoms with Crippen LogP contribution in [0, 0.1) is 0 Å². The fourth-order valence-electron chi connectivity index (χ4n) is 3.13. The van der Waals surface area contributed by atoms with Gasteiger partial charge in [-0.2, -0.15) is 0 Å². The predicted octanol–water partition coefficient (Wildman–Crippen LogP) is 3.05. The van der Waals surface area contributed by atoms with Crippen molar-refractivity contribution in [3.05, 3.63) is 29.8 Å². The van der Waals surface area contributed by atoms with Crippen LogP contribution in [-0.2, 0) is 9.59 Å². The molecule has 2 amide bonds. The molecule has 2 atom stereocenters. The van der Waals surface area contributed by atoms with E-state index >= 15 is 0 Å². The molecule has 132 valence electrons. The molecule has 1 heterocycles. The molecular formula is C19H28N2O3. The number of amides is 2. The number of likely N-dealkylation sites (tertiary alicyclic amines) is 1. The molecule has 2 rings (SSSR count). The fourth-order valence-corrected chi connectivity index (χ4v) is 3.13. The molecule has 0 radical (unpaired) electrons. The Balaban J connectivity index is 2.00. The highest BCUT2D eigenvalue weighted by Crippen LogP contribution is 2.22. The molecule has 1 aromatic carbocycles. The SMILES string of the molecule is CCCC(=O)N1CCC[C@@H]1C(=O)N[C@H](C)c1cccc(OCC)c1. The molecule has 1 saturated heterocycles. The molecule has 24 heavy (non-hydrogen) atoms. The van der Waals surface area contributed by atoms with Gasteiger partial charge in [0.05, 0.1) is 12.6 Å². The summed E-state index contributed by atoms with van der Waals surface area (Å²) in [6, 6.07) is 7.30. The second-order valence-electron chi connectivity index (χ2n) is 6.23. The number of carbonyl (C=O) groups excluding carboxylic acids is 2. The molecule has 0 saturated carbocycles. The summed E-state index contributed by atoms with van der Waals surface area (Å²) in [5.41, 5.74) is 0.999. The zero-order valence-electron chi connectivity index (χ0n) is 14.9. The van der Waals surface area contributed by atoms with Gasteiger partial charge in [-0.25, -0.2) is 0 Å². The van der Waals surface area contributed by atoms with Crippen LogP contribution in [0.3, 0.4) is 0 Å². The Bertz CT molecular complexity index is 573. The average Bonchev–Trinajstić information content (AvgIpc) is 3.05. The van der Waals surface area contributed by atoms with E-state index in [4.69, 9.17) is 4.74 Å². The topological polar surface area (TPSA) is 58.6 Å². The average molecular weight is 332 g/mol. The second kappa shape index (κ2) is 8.71. The number of hydrogen-bond acceptors (Lipinski definition) is 3. The lowest BCUT2D eigenvalue weighted by Gasteiger charge is -2.25. The first-order valence-electron chi connectivity index (χ1n) is 8.89. The minimum atomic E-state index is -0.332. The van der Waals surface area contributed by atoms with Crippen LogP contribution in [0.1, 0.15) is 58.1 Å². The molecule has 1 aliphatic heterocycles. The van der Waals surface area contributed by atoms with Crippen molar-refractivity contribution < 1.29 is 14.3 Å². The Kier molecular flexibility index (Phi) is 6.64. The van der Waals surface area contributed by atoms with E-state index in [-0.39, 0.29) is 23.9 Å². The van der Waals surface area contributed by atoms with Crippen molar-refractivity contribution in [2.45, 2.75) is 58.5 Å². The van der Waals surface area contributed by atoms with Crippen molar-refractivity contribution in [1.82, 2.24) is 10.2 Å². The third-order valence-electron chi connectivity index (χ3n) is 4.37. The highest BCUT2D eigenvalue weighted by Gasteiger charge is 2.34. The Morgan fingerprint density at radius 3 is 2.88 bits per heavy atom. The molecule has 1 N–H and O–H groups in total. The fraction of sp³-hybridized carbons (Fsp3) is 0.579. The smallest absolute Gasteiger partial charge is 0.243 e. The van der Waals surface area contributed by atoms with Gasteiger partial charge in [0, 0.05) is 13.0 Å². The largest absolute Gasteiger partial charge is 0.494 e. The van der Waals surface area contributed by atoms with Crippen LogP contribution in [0.5, 0.6) is 5.75 Å². The van der Waals surface area contributed by atoms with Crippen LogP contribution in [0.25, 0.3) is 0 Å². The molecule has 5 nitrogen and oxygen atoms in total. The molecule has 0 aromatic heterocycles. The number of hydrogen-bond donors (Lipinski definition) is 1. The Morgan fingerprint density at radius 2 is 2.17 bits per heavy atom. The summed E-state index contributed by atoms with van der Waals surface area (Å²) in [4.78, 5) is 26.5. The van der Waals surface area contributed by atoms with Crippen LogP contribution in [-0.4, -0.2) is 35.9 Å². The van der Waals surface area contributed by atoms with Crippen LogP contribution in [0.15, 0.2) is 24.3 Å². The van der Waals surface area contributed by atoms with E-state index in [1.165, 1.54) is 0 Å². The molecule has 0 aliphatic carbocycles. The number of ether oxygens (including phenoxy) is 1. The van der Waals surface area contributed by atoms with Gasteiger partial charge in [0.1, 0.15) is 11.8 Å². The van der Waals surface area contributed by atoms with E-state index < -0.39 is 0 Å². The highest BCUT2D eigenvalue weighted by molar-refractivity contribution is 5.88. The minimum Gasteiger partial charge on any atom is -0.494 e. The van der Waals surface area contributed by atoms with Gasteiger partial charge in [0.15, 0.2) is 0 Å². The minimum absolute atomic E-state index is 0.0636. The number of carbonyl (C=O) groups is 2. The van der Waals surface area contributed by atoms with E-state index in [1.54, 1.807) is 4.90 Å². The van der Waals surface area contributed by atoms with Crippen LogP contribution < -0.4 is 10.1 Å². The maximum Gasteiger partial charge on any atom is 0.243 e. The van der Waals surface area contributed by atoms with Gasteiger partial charge in [-0.15, -0.1) is 0 Å². The van der Waals surface area contributed by atoms with Crippen molar-refractivity contribution in [3.63, 3.8) is 0 Å². The standard InChI is InChI=1S/C19H28N2O3/c1-4-8-18(22)21-12-7-11-17(21)19(23)20-14(3)15-9-6-10-16(13-15)24-5-2/h6,9-10,13-14,17H,4-5,7-8,11-12H2,1-3H3,(H,20,23)/t14-,17-/m1/s1. The molecule has 1 fully saturated rings. The van der Waals surface area contributed by atoms with Crippen molar-refractivity contribution in [1.29, 1.82) is 0 Å². The molecule has 1 aromatic rings. The summed E-state index contributed by atoms with van der Waals surface area (Å²) in [6.45, 7) is 7.18. The third kappa shape index (κ3) is 4.49. The van der Waals surface area contributed by atoms with E-state index in [0.29, 0.717) is 19.6 Å². The summed E-state index contributed by atoms with van der Waals surface area (Å²) in [7, 11) is 0. The Labute approximate surface area is 144 Å². The van der Waals surface area contributed by atoms with Crippen LogP contribution >= 0.6 is 0 Å². The normalized spacial score (nSPS) is 18.3. The van der Waals surface area contributed by atoms with E-state index in [0.717, 1.165) is 30.6 Å². The lowest BCUT2D eigenvalue weighted by Crippen LogP contribution is -2.46. The quantitative estimate of drug-likeness (QED) is 0.835. The zero-order valence-corrected chi connectivity index (χ0v) is 14.9. The first-order chi connectivity index (χ1) is 11.6. The van der Waals surface area contributed by atoms with Gasteiger partial charge in [-0.05, 0) is 50.8 Å². The van der Waals surface area contributed by atoms with Crippen molar-refractivity contribution in [2.75, 3.05) is 13.2 Å². The number of benzene rings is 1. The molecule has 5 heteroatoms. The van der Waals surface area contributed by atoms with E-state index in [9.17, 15) is 9.59 Å². The van der Waals surface area contributed by atoms with Gasteiger partial charge in [0.25, 0.3) is 0 Å². The molecule has 1 aliphatic rings. The highest BCUT2D eigenvalue weighted by atomic mass is 16.5. The van der Waals surface area contributed by atoms with E-state index in [1.807, 2.05) is 45.0 Å². The third-order valence-corrected chi connectivity index (χ3v) is 4.37. The van der Waals surface area contributed by atoms with Gasteiger partial charge < -0.3 is 15.0 Å². The first kappa shape index (κ1) is 18.3. The molecule has 0 spiro atoms. The molecular weight excluding hydrogens is 304 g/mol. The molecule has 0 unspecified atom stereocenters. The number of nitrogens with zero attached hydrogens (tertiary/aromatic N) is 1. The van der Waals surface area contributed by atoms with Crippen LogP contribution in [0.2, 0.25) is 0 Å².